The molecular weight excluding hydrogens is 297 g/mol. The number of halogens is 3. The number of alkyl halides is 3. The van der Waals surface area contributed by atoms with Crippen LogP contribution in [0.1, 0.15) is 30.1 Å². The molecule has 0 unspecified atom stereocenters. The third-order valence-electron chi connectivity index (χ3n) is 3.42. The molecule has 2 N–H and O–H groups in total. The van der Waals surface area contributed by atoms with Crippen LogP contribution in [-0.4, -0.2) is 26.8 Å². The first kappa shape index (κ1) is 14.6. The standard InChI is InChI=1S/C13H15F3N6/c1-7-10(6-22(21-7)8-3-4-8)19-12-18-5-9(13(14,15)16)11(17-2)20-12/h5-6,8H,3-4H2,1-2H3,(H2,17,18,19,20). The van der Waals surface area contributed by atoms with Crippen molar-refractivity contribution < 1.29 is 13.2 Å². The largest absolute Gasteiger partial charge is 0.421 e. The fraction of sp³-hybridized carbons (Fsp3) is 0.462. The molecule has 0 saturated heterocycles. The van der Waals surface area contributed by atoms with E-state index in [2.05, 4.69) is 25.7 Å². The van der Waals surface area contributed by atoms with Gasteiger partial charge in [-0.2, -0.15) is 23.3 Å². The Morgan fingerprint density at radius 3 is 2.64 bits per heavy atom. The molecule has 1 aliphatic carbocycles. The predicted octanol–water partition coefficient (Wildman–Crippen LogP) is 3.12. The van der Waals surface area contributed by atoms with Gasteiger partial charge in [0, 0.05) is 19.4 Å². The van der Waals surface area contributed by atoms with Crippen molar-refractivity contribution in [2.24, 2.45) is 0 Å². The first-order chi connectivity index (χ1) is 10.4. The van der Waals surface area contributed by atoms with Gasteiger partial charge in [0.15, 0.2) is 0 Å². The van der Waals surface area contributed by atoms with Crippen molar-refractivity contribution in [3.05, 3.63) is 23.7 Å². The van der Waals surface area contributed by atoms with E-state index in [1.54, 1.807) is 0 Å². The number of hydrogen-bond acceptors (Lipinski definition) is 5. The van der Waals surface area contributed by atoms with Crippen molar-refractivity contribution in [2.45, 2.75) is 32.0 Å². The maximum Gasteiger partial charge on any atom is 0.421 e. The van der Waals surface area contributed by atoms with E-state index in [1.807, 2.05) is 17.8 Å². The summed E-state index contributed by atoms with van der Waals surface area (Å²) in [5.74, 6) is -0.173. The molecule has 1 aliphatic rings. The molecule has 2 heterocycles. The molecule has 0 radical (unpaired) electrons. The first-order valence-electron chi connectivity index (χ1n) is 6.83. The van der Waals surface area contributed by atoms with E-state index in [9.17, 15) is 13.2 Å². The van der Waals surface area contributed by atoms with Gasteiger partial charge in [-0.3, -0.25) is 4.68 Å². The van der Waals surface area contributed by atoms with Crippen molar-refractivity contribution in [3.63, 3.8) is 0 Å². The minimum atomic E-state index is -4.50. The van der Waals surface area contributed by atoms with E-state index in [1.165, 1.54) is 7.05 Å². The van der Waals surface area contributed by atoms with E-state index < -0.39 is 11.7 Å². The topological polar surface area (TPSA) is 67.7 Å². The Morgan fingerprint density at radius 2 is 2.05 bits per heavy atom. The lowest BCUT2D eigenvalue weighted by molar-refractivity contribution is -0.137. The lowest BCUT2D eigenvalue weighted by Crippen LogP contribution is -2.12. The summed E-state index contributed by atoms with van der Waals surface area (Å²) in [6, 6.07) is 0.427. The minimum absolute atomic E-state index is 0.0933. The number of aryl methyl sites for hydroxylation is 1. The maximum absolute atomic E-state index is 12.8. The van der Waals surface area contributed by atoms with Gasteiger partial charge in [0.25, 0.3) is 0 Å². The van der Waals surface area contributed by atoms with Crippen molar-refractivity contribution in [1.29, 1.82) is 0 Å². The van der Waals surface area contributed by atoms with Crippen LogP contribution in [0, 0.1) is 6.92 Å². The van der Waals surface area contributed by atoms with Gasteiger partial charge >= 0.3 is 6.18 Å². The number of aromatic nitrogens is 4. The molecular formula is C13H15F3N6. The Hall–Kier alpha value is -2.32. The van der Waals surface area contributed by atoms with Gasteiger partial charge in [-0.15, -0.1) is 0 Å². The molecule has 3 rings (SSSR count). The molecule has 0 spiro atoms. The Kier molecular flexibility index (Phi) is 3.42. The summed E-state index contributed by atoms with van der Waals surface area (Å²) in [6.45, 7) is 1.82. The van der Waals surface area contributed by atoms with Gasteiger partial charge in [0.1, 0.15) is 11.4 Å². The molecule has 1 fully saturated rings. The second-order valence-electron chi connectivity index (χ2n) is 5.17. The molecule has 0 bridgehead atoms. The van der Waals surface area contributed by atoms with Gasteiger partial charge in [0.05, 0.1) is 17.4 Å². The second kappa shape index (κ2) is 5.15. The molecule has 0 aromatic carbocycles. The van der Waals surface area contributed by atoms with Crippen molar-refractivity contribution in [2.75, 3.05) is 17.7 Å². The smallest absolute Gasteiger partial charge is 0.372 e. The Balaban J connectivity index is 1.86. The van der Waals surface area contributed by atoms with Crippen LogP contribution in [0.5, 0.6) is 0 Å². The van der Waals surface area contributed by atoms with Crippen LogP contribution in [0.25, 0.3) is 0 Å². The zero-order valence-electron chi connectivity index (χ0n) is 12.1. The summed E-state index contributed by atoms with van der Waals surface area (Å²) in [5.41, 5.74) is 0.543. The van der Waals surface area contributed by atoms with Crippen LogP contribution < -0.4 is 10.6 Å². The van der Waals surface area contributed by atoms with E-state index in [0.717, 1.165) is 24.7 Å². The molecule has 0 amide bonds. The summed E-state index contributed by atoms with van der Waals surface area (Å²) in [5, 5.41) is 9.73. The van der Waals surface area contributed by atoms with Crippen LogP contribution in [0.15, 0.2) is 12.4 Å². The summed E-state index contributed by atoms with van der Waals surface area (Å²) < 4.78 is 40.3. The highest BCUT2D eigenvalue weighted by Gasteiger charge is 2.35. The zero-order chi connectivity index (χ0) is 15.9. The van der Waals surface area contributed by atoms with Crippen molar-refractivity contribution >= 4 is 17.5 Å². The monoisotopic (exact) mass is 312 g/mol. The minimum Gasteiger partial charge on any atom is -0.372 e. The Bertz CT molecular complexity index is 690. The second-order valence-corrected chi connectivity index (χ2v) is 5.17. The third kappa shape index (κ3) is 2.83. The lowest BCUT2D eigenvalue weighted by atomic mass is 10.3. The molecule has 2 aromatic heterocycles. The van der Waals surface area contributed by atoms with E-state index >= 15 is 0 Å². The van der Waals surface area contributed by atoms with Crippen LogP contribution in [0.4, 0.5) is 30.6 Å². The van der Waals surface area contributed by atoms with E-state index in [-0.39, 0.29) is 11.8 Å². The molecule has 22 heavy (non-hydrogen) atoms. The zero-order valence-corrected chi connectivity index (χ0v) is 12.1. The summed E-state index contributed by atoms with van der Waals surface area (Å²) in [4.78, 5) is 7.61. The predicted molar refractivity (Wildman–Crippen MR) is 75.1 cm³/mol. The van der Waals surface area contributed by atoms with Crippen molar-refractivity contribution in [3.8, 4) is 0 Å². The van der Waals surface area contributed by atoms with Crippen LogP contribution in [0.3, 0.4) is 0 Å². The van der Waals surface area contributed by atoms with Crippen molar-refractivity contribution in [1.82, 2.24) is 19.7 Å². The molecule has 0 atom stereocenters. The number of anilines is 3. The fourth-order valence-corrected chi connectivity index (χ4v) is 2.09. The van der Waals surface area contributed by atoms with Crippen LogP contribution >= 0.6 is 0 Å². The van der Waals surface area contributed by atoms with Crippen LogP contribution in [0.2, 0.25) is 0 Å². The average Bonchev–Trinajstić information content (AvgIpc) is 3.23. The highest BCUT2D eigenvalue weighted by atomic mass is 19.4. The normalized spacial score (nSPS) is 15.0. The molecule has 9 heteroatoms. The number of nitrogens with one attached hydrogen (secondary N) is 2. The number of nitrogens with zero attached hydrogens (tertiary/aromatic N) is 4. The average molecular weight is 312 g/mol. The molecule has 118 valence electrons. The third-order valence-corrected chi connectivity index (χ3v) is 3.42. The number of rotatable bonds is 4. The summed E-state index contributed by atoms with van der Waals surface area (Å²) >= 11 is 0. The lowest BCUT2D eigenvalue weighted by Gasteiger charge is -2.12. The summed E-state index contributed by atoms with van der Waals surface area (Å²) in [7, 11) is 1.39. The SMILES string of the molecule is CNc1nc(Nc2cn(C3CC3)nc2C)ncc1C(F)(F)F. The van der Waals surface area contributed by atoms with Gasteiger partial charge < -0.3 is 10.6 Å². The molecule has 0 aliphatic heterocycles. The summed E-state index contributed by atoms with van der Waals surface area (Å²) in [6.07, 6.45) is 0.293. The number of hydrogen-bond donors (Lipinski definition) is 2. The van der Waals surface area contributed by atoms with E-state index in [4.69, 9.17) is 0 Å². The maximum atomic E-state index is 12.8. The molecule has 6 nitrogen and oxygen atoms in total. The van der Waals surface area contributed by atoms with Gasteiger partial charge in [0.2, 0.25) is 5.95 Å². The fourth-order valence-electron chi connectivity index (χ4n) is 2.09. The van der Waals surface area contributed by atoms with E-state index in [0.29, 0.717) is 11.7 Å². The molecule has 2 aromatic rings. The van der Waals surface area contributed by atoms with Gasteiger partial charge in [-0.1, -0.05) is 0 Å². The Morgan fingerprint density at radius 1 is 1.32 bits per heavy atom. The van der Waals surface area contributed by atoms with Crippen LogP contribution in [-0.2, 0) is 6.18 Å². The van der Waals surface area contributed by atoms with Gasteiger partial charge in [-0.25, -0.2) is 4.98 Å². The first-order valence-corrected chi connectivity index (χ1v) is 6.83. The quantitative estimate of drug-likeness (QED) is 0.908. The highest BCUT2D eigenvalue weighted by Crippen LogP contribution is 2.36. The Labute approximate surface area is 124 Å². The highest BCUT2D eigenvalue weighted by molar-refractivity contribution is 5.57. The molecule has 1 saturated carbocycles. The van der Waals surface area contributed by atoms with Gasteiger partial charge in [-0.05, 0) is 19.8 Å².